The van der Waals surface area contributed by atoms with E-state index in [-0.39, 0.29) is 17.3 Å². The number of thioether (sulfide) groups is 1. The molecule has 5 nitrogen and oxygen atoms in total. The van der Waals surface area contributed by atoms with Gasteiger partial charge >= 0.3 is 0 Å². The molecule has 0 saturated heterocycles. The van der Waals surface area contributed by atoms with Gasteiger partial charge in [-0.1, -0.05) is 47.5 Å². The standard InChI is InChI=1S/C26H30N2O3S2/c1-20-6-10-22(11-7-20)5-4-18-27-26(29)19-28(23-12-8-21(2)9-13-23)33(30,31)25-16-14-24(32-3)15-17-25/h6-17H,4-5,18-19H2,1-3H3,(H,27,29). The van der Waals surface area contributed by atoms with Crippen molar-refractivity contribution in [2.45, 2.75) is 36.5 Å². The molecule has 0 unspecified atom stereocenters. The molecule has 0 aliphatic rings. The highest BCUT2D eigenvalue weighted by atomic mass is 32.2. The first-order chi connectivity index (χ1) is 15.8. The molecule has 174 valence electrons. The second-order valence-electron chi connectivity index (χ2n) is 7.96. The topological polar surface area (TPSA) is 66.5 Å². The minimum Gasteiger partial charge on any atom is -0.355 e. The van der Waals surface area contributed by atoms with Crippen LogP contribution in [0.3, 0.4) is 0 Å². The lowest BCUT2D eigenvalue weighted by Crippen LogP contribution is -2.41. The molecule has 3 aromatic rings. The summed E-state index contributed by atoms with van der Waals surface area (Å²) in [7, 11) is -3.90. The number of rotatable bonds is 10. The lowest BCUT2D eigenvalue weighted by atomic mass is 10.1. The molecule has 0 spiro atoms. The molecule has 0 atom stereocenters. The van der Waals surface area contributed by atoms with Crippen LogP contribution in [0.2, 0.25) is 0 Å². The van der Waals surface area contributed by atoms with E-state index in [0.717, 1.165) is 23.3 Å². The Hall–Kier alpha value is -2.77. The van der Waals surface area contributed by atoms with E-state index in [4.69, 9.17) is 0 Å². The average Bonchev–Trinajstić information content (AvgIpc) is 2.82. The third-order valence-corrected chi connectivity index (χ3v) is 7.87. The molecule has 0 aliphatic heterocycles. The number of carbonyl (C=O) groups is 1. The predicted molar refractivity (Wildman–Crippen MR) is 136 cm³/mol. The van der Waals surface area contributed by atoms with Gasteiger partial charge in [-0.2, -0.15) is 0 Å². The number of amides is 1. The fourth-order valence-electron chi connectivity index (χ4n) is 3.36. The first-order valence-electron chi connectivity index (χ1n) is 10.9. The summed E-state index contributed by atoms with van der Waals surface area (Å²) >= 11 is 1.54. The van der Waals surface area contributed by atoms with Crippen LogP contribution in [0.1, 0.15) is 23.1 Å². The van der Waals surface area contributed by atoms with Crippen molar-refractivity contribution in [3.05, 3.63) is 89.5 Å². The molecule has 0 heterocycles. The zero-order valence-electron chi connectivity index (χ0n) is 19.2. The molecule has 1 N–H and O–H groups in total. The molecule has 0 aliphatic carbocycles. The van der Waals surface area contributed by atoms with Gasteiger partial charge in [-0.05, 0) is 74.9 Å². The van der Waals surface area contributed by atoms with Crippen molar-refractivity contribution < 1.29 is 13.2 Å². The van der Waals surface area contributed by atoms with Crippen molar-refractivity contribution >= 4 is 33.4 Å². The first kappa shape index (κ1) is 24.9. The highest BCUT2D eigenvalue weighted by Crippen LogP contribution is 2.25. The normalized spacial score (nSPS) is 11.2. The van der Waals surface area contributed by atoms with E-state index in [2.05, 4.69) is 36.5 Å². The largest absolute Gasteiger partial charge is 0.355 e. The van der Waals surface area contributed by atoms with Crippen LogP contribution in [0.15, 0.2) is 82.6 Å². The zero-order valence-corrected chi connectivity index (χ0v) is 20.9. The van der Waals surface area contributed by atoms with Crippen LogP contribution in [-0.2, 0) is 21.2 Å². The summed E-state index contributed by atoms with van der Waals surface area (Å²) in [4.78, 5) is 13.8. The summed E-state index contributed by atoms with van der Waals surface area (Å²) in [5, 5.41) is 2.87. The Kier molecular flexibility index (Phi) is 8.58. The van der Waals surface area contributed by atoms with Crippen LogP contribution in [0.25, 0.3) is 0 Å². The Morgan fingerprint density at radius 1 is 0.879 bits per heavy atom. The number of anilines is 1. The third-order valence-electron chi connectivity index (χ3n) is 5.34. The number of benzene rings is 3. The summed E-state index contributed by atoms with van der Waals surface area (Å²) < 4.78 is 28.0. The second kappa shape index (κ2) is 11.4. The van der Waals surface area contributed by atoms with Gasteiger partial charge in [0.2, 0.25) is 5.91 Å². The lowest BCUT2D eigenvalue weighted by molar-refractivity contribution is -0.119. The molecule has 0 radical (unpaired) electrons. The Balaban J connectivity index is 1.70. The quantitative estimate of drug-likeness (QED) is 0.327. The molecular weight excluding hydrogens is 452 g/mol. The number of hydrogen-bond donors (Lipinski definition) is 1. The molecule has 7 heteroatoms. The maximum Gasteiger partial charge on any atom is 0.264 e. The molecule has 0 fully saturated rings. The lowest BCUT2D eigenvalue weighted by Gasteiger charge is -2.24. The predicted octanol–water partition coefficient (Wildman–Crippen LogP) is 4.97. The van der Waals surface area contributed by atoms with Gasteiger partial charge in [0.05, 0.1) is 10.6 Å². The minimum absolute atomic E-state index is 0.160. The zero-order chi connectivity index (χ0) is 23.8. The number of hydrogen-bond acceptors (Lipinski definition) is 4. The number of sulfonamides is 1. The van der Waals surface area contributed by atoms with E-state index in [1.54, 1.807) is 48.2 Å². The van der Waals surface area contributed by atoms with Crippen molar-refractivity contribution in [3.8, 4) is 0 Å². The van der Waals surface area contributed by atoms with Crippen LogP contribution in [0, 0.1) is 13.8 Å². The molecule has 0 bridgehead atoms. The monoisotopic (exact) mass is 482 g/mol. The van der Waals surface area contributed by atoms with E-state index in [1.165, 1.54) is 15.4 Å². The molecule has 3 aromatic carbocycles. The van der Waals surface area contributed by atoms with Gasteiger partial charge in [0.1, 0.15) is 6.54 Å². The number of carbonyl (C=O) groups excluding carboxylic acids is 1. The van der Waals surface area contributed by atoms with E-state index in [0.29, 0.717) is 12.2 Å². The molecule has 1 amide bonds. The van der Waals surface area contributed by atoms with Crippen molar-refractivity contribution in [1.82, 2.24) is 5.32 Å². The van der Waals surface area contributed by atoms with Gasteiger partial charge in [-0.15, -0.1) is 11.8 Å². The van der Waals surface area contributed by atoms with Gasteiger partial charge in [0, 0.05) is 11.4 Å². The molecule has 3 rings (SSSR count). The third kappa shape index (κ3) is 6.85. The number of nitrogens with one attached hydrogen (secondary N) is 1. The minimum atomic E-state index is -3.90. The van der Waals surface area contributed by atoms with Crippen molar-refractivity contribution in [2.75, 3.05) is 23.7 Å². The van der Waals surface area contributed by atoms with Crippen LogP contribution in [0.4, 0.5) is 5.69 Å². The number of aryl methyl sites for hydroxylation is 3. The maximum absolute atomic E-state index is 13.4. The average molecular weight is 483 g/mol. The van der Waals surface area contributed by atoms with Crippen molar-refractivity contribution in [2.24, 2.45) is 0 Å². The van der Waals surface area contributed by atoms with Gasteiger partial charge in [0.25, 0.3) is 10.0 Å². The fourth-order valence-corrected chi connectivity index (χ4v) is 5.19. The fraction of sp³-hybridized carbons (Fsp3) is 0.269. The van der Waals surface area contributed by atoms with E-state index in [1.807, 2.05) is 25.3 Å². The molecular formula is C26H30N2O3S2. The SMILES string of the molecule is CSc1ccc(S(=O)(=O)N(CC(=O)NCCCc2ccc(C)cc2)c2ccc(C)cc2)cc1. The summed E-state index contributed by atoms with van der Waals surface area (Å²) in [6, 6.07) is 22.2. The van der Waals surface area contributed by atoms with Gasteiger partial charge < -0.3 is 5.32 Å². The van der Waals surface area contributed by atoms with Gasteiger partial charge in [-0.3, -0.25) is 9.10 Å². The van der Waals surface area contributed by atoms with E-state index >= 15 is 0 Å². The van der Waals surface area contributed by atoms with Crippen LogP contribution < -0.4 is 9.62 Å². The summed E-state index contributed by atoms with van der Waals surface area (Å²) in [6.07, 6.45) is 3.57. The highest BCUT2D eigenvalue weighted by molar-refractivity contribution is 7.98. The van der Waals surface area contributed by atoms with Crippen molar-refractivity contribution in [1.29, 1.82) is 0 Å². The Bertz CT molecular complexity index is 1160. The Morgan fingerprint density at radius 3 is 2.03 bits per heavy atom. The van der Waals surface area contributed by atoms with Crippen LogP contribution >= 0.6 is 11.8 Å². The van der Waals surface area contributed by atoms with Gasteiger partial charge in [-0.25, -0.2) is 8.42 Å². The molecule has 0 saturated carbocycles. The Morgan fingerprint density at radius 2 is 1.45 bits per heavy atom. The second-order valence-corrected chi connectivity index (χ2v) is 10.7. The summed E-state index contributed by atoms with van der Waals surface area (Å²) in [5.74, 6) is -0.330. The molecule has 33 heavy (non-hydrogen) atoms. The van der Waals surface area contributed by atoms with Crippen LogP contribution in [-0.4, -0.2) is 33.7 Å². The van der Waals surface area contributed by atoms with Crippen LogP contribution in [0.5, 0.6) is 0 Å². The van der Waals surface area contributed by atoms with Gasteiger partial charge in [0.15, 0.2) is 0 Å². The Labute approximate surface area is 201 Å². The molecule has 0 aromatic heterocycles. The summed E-state index contributed by atoms with van der Waals surface area (Å²) in [6.45, 7) is 4.19. The van der Waals surface area contributed by atoms with E-state index in [9.17, 15) is 13.2 Å². The maximum atomic E-state index is 13.4. The smallest absolute Gasteiger partial charge is 0.264 e. The highest BCUT2D eigenvalue weighted by Gasteiger charge is 2.27. The van der Waals surface area contributed by atoms with E-state index < -0.39 is 10.0 Å². The summed E-state index contributed by atoms with van der Waals surface area (Å²) in [5.41, 5.74) is 3.91. The first-order valence-corrected chi connectivity index (χ1v) is 13.5. The van der Waals surface area contributed by atoms with Crippen molar-refractivity contribution in [3.63, 3.8) is 0 Å². The number of nitrogens with zero attached hydrogens (tertiary/aromatic N) is 1.